The molecule has 0 radical (unpaired) electrons. The van der Waals surface area contributed by atoms with E-state index >= 15 is 0 Å². The third kappa shape index (κ3) is 2.41. The number of ketones is 1. The molecule has 5 heteroatoms. The van der Waals surface area contributed by atoms with Crippen LogP contribution in [0.2, 0.25) is 10.0 Å². The number of carbonyl (C=O) groups is 1. The van der Waals surface area contributed by atoms with Gasteiger partial charge in [-0.05, 0) is 12.1 Å². The Morgan fingerprint density at radius 3 is 2.64 bits per heavy atom. The number of rotatable bonds is 3. The van der Waals surface area contributed by atoms with Crippen molar-refractivity contribution < 1.29 is 9.53 Å². The standard InChI is InChI=1S/C9H7BrCl2O2/c1-14-8-3-5(11)2-6(12)9(8)7(13)4-10/h2-3H,4H2,1H3. The third-order valence-electron chi connectivity index (χ3n) is 1.64. The fraction of sp³-hybridized carbons (Fsp3) is 0.222. The highest BCUT2D eigenvalue weighted by atomic mass is 79.9. The summed E-state index contributed by atoms with van der Waals surface area (Å²) in [7, 11) is 1.47. The summed E-state index contributed by atoms with van der Waals surface area (Å²) in [5, 5.41) is 0.946. The largest absolute Gasteiger partial charge is 0.496 e. The first-order valence-electron chi connectivity index (χ1n) is 3.72. The number of benzene rings is 1. The minimum Gasteiger partial charge on any atom is -0.496 e. The van der Waals surface area contributed by atoms with Gasteiger partial charge in [-0.15, -0.1) is 0 Å². The predicted molar refractivity (Wildman–Crippen MR) is 61.1 cm³/mol. The van der Waals surface area contributed by atoms with Crippen molar-refractivity contribution in [1.82, 2.24) is 0 Å². The molecule has 0 saturated heterocycles. The molecule has 0 fully saturated rings. The normalized spacial score (nSPS) is 10.0. The van der Waals surface area contributed by atoms with Gasteiger partial charge in [0.15, 0.2) is 5.78 Å². The van der Waals surface area contributed by atoms with Gasteiger partial charge in [-0.3, -0.25) is 4.79 Å². The molecule has 2 nitrogen and oxygen atoms in total. The smallest absolute Gasteiger partial charge is 0.178 e. The molecule has 0 aliphatic carbocycles. The molecule has 0 bridgehead atoms. The molecule has 0 spiro atoms. The van der Waals surface area contributed by atoms with Crippen molar-refractivity contribution in [1.29, 1.82) is 0 Å². The van der Waals surface area contributed by atoms with Gasteiger partial charge in [0.1, 0.15) is 5.75 Å². The SMILES string of the molecule is COc1cc(Cl)cc(Cl)c1C(=O)CBr. The zero-order chi connectivity index (χ0) is 10.7. The molecule has 0 N–H and O–H groups in total. The van der Waals surface area contributed by atoms with E-state index in [1.807, 2.05) is 0 Å². The number of ether oxygens (including phenoxy) is 1. The quantitative estimate of drug-likeness (QED) is 0.630. The lowest BCUT2D eigenvalue weighted by Gasteiger charge is -2.08. The lowest BCUT2D eigenvalue weighted by atomic mass is 10.1. The molecule has 0 aromatic heterocycles. The van der Waals surface area contributed by atoms with Crippen LogP contribution in [-0.4, -0.2) is 18.2 Å². The number of halogens is 3. The van der Waals surface area contributed by atoms with E-state index in [0.29, 0.717) is 21.4 Å². The van der Waals surface area contributed by atoms with Crippen molar-refractivity contribution in [3.8, 4) is 5.75 Å². The summed E-state index contributed by atoms with van der Waals surface area (Å²) in [5.74, 6) is 0.260. The van der Waals surface area contributed by atoms with E-state index in [4.69, 9.17) is 27.9 Å². The summed E-state index contributed by atoms with van der Waals surface area (Å²) < 4.78 is 5.02. The number of hydrogen-bond donors (Lipinski definition) is 0. The molecule has 1 aromatic carbocycles. The van der Waals surface area contributed by atoms with E-state index in [2.05, 4.69) is 15.9 Å². The highest BCUT2D eigenvalue weighted by Gasteiger charge is 2.16. The molecule has 76 valence electrons. The van der Waals surface area contributed by atoms with Crippen LogP contribution in [0.1, 0.15) is 10.4 Å². The Hall–Kier alpha value is -0.250. The molecule has 0 atom stereocenters. The fourth-order valence-corrected chi connectivity index (χ4v) is 1.91. The van der Waals surface area contributed by atoms with E-state index < -0.39 is 0 Å². The Bertz CT molecular complexity index is 366. The van der Waals surface area contributed by atoms with Gasteiger partial charge in [0, 0.05) is 5.02 Å². The Morgan fingerprint density at radius 1 is 1.50 bits per heavy atom. The molecule has 14 heavy (non-hydrogen) atoms. The monoisotopic (exact) mass is 296 g/mol. The summed E-state index contributed by atoms with van der Waals surface area (Å²) in [6, 6.07) is 3.07. The van der Waals surface area contributed by atoms with Crippen LogP contribution in [-0.2, 0) is 0 Å². The number of carbonyl (C=O) groups excluding carboxylic acids is 1. The van der Waals surface area contributed by atoms with Crippen molar-refractivity contribution in [2.24, 2.45) is 0 Å². The summed E-state index contributed by atoms with van der Waals surface area (Å²) in [5.41, 5.74) is 0.357. The fourth-order valence-electron chi connectivity index (χ4n) is 1.05. The van der Waals surface area contributed by atoms with Gasteiger partial charge < -0.3 is 4.74 Å². The predicted octanol–water partition coefficient (Wildman–Crippen LogP) is 3.58. The summed E-state index contributed by atoms with van der Waals surface area (Å²) >= 11 is 14.7. The number of methoxy groups -OCH3 is 1. The van der Waals surface area contributed by atoms with Gasteiger partial charge in [-0.25, -0.2) is 0 Å². The van der Waals surface area contributed by atoms with E-state index in [1.165, 1.54) is 13.2 Å². The molecule has 1 aromatic rings. The topological polar surface area (TPSA) is 26.3 Å². The van der Waals surface area contributed by atoms with Gasteiger partial charge in [0.05, 0.1) is 23.0 Å². The highest BCUT2D eigenvalue weighted by Crippen LogP contribution is 2.31. The van der Waals surface area contributed by atoms with Crippen LogP contribution in [0.5, 0.6) is 5.75 Å². The maximum absolute atomic E-state index is 11.5. The van der Waals surface area contributed by atoms with E-state index in [1.54, 1.807) is 6.07 Å². The minimum absolute atomic E-state index is 0.136. The second-order valence-corrected chi connectivity index (χ2v) is 3.93. The van der Waals surface area contributed by atoms with Crippen LogP contribution >= 0.6 is 39.1 Å². The number of hydrogen-bond acceptors (Lipinski definition) is 2. The maximum Gasteiger partial charge on any atom is 0.178 e. The Morgan fingerprint density at radius 2 is 2.14 bits per heavy atom. The first-order chi connectivity index (χ1) is 6.60. The van der Waals surface area contributed by atoms with Crippen LogP contribution in [0, 0.1) is 0 Å². The second-order valence-electron chi connectivity index (χ2n) is 2.52. The summed E-state index contributed by atoms with van der Waals surface area (Å²) in [6.07, 6.45) is 0. The van der Waals surface area contributed by atoms with Gasteiger partial charge >= 0.3 is 0 Å². The van der Waals surface area contributed by atoms with Crippen molar-refractivity contribution in [2.75, 3.05) is 12.4 Å². The molecule has 0 aliphatic heterocycles. The van der Waals surface area contributed by atoms with Gasteiger partial charge in [0.25, 0.3) is 0 Å². The maximum atomic E-state index is 11.5. The molecule has 0 amide bonds. The van der Waals surface area contributed by atoms with Crippen LogP contribution in [0.15, 0.2) is 12.1 Å². The first-order valence-corrected chi connectivity index (χ1v) is 5.60. The van der Waals surface area contributed by atoms with Crippen molar-refractivity contribution >= 4 is 44.9 Å². The molecule has 0 aliphatic rings. The molecule has 0 unspecified atom stereocenters. The number of Topliss-reactive ketones (excluding diaryl/α,β-unsaturated/α-hetero) is 1. The van der Waals surface area contributed by atoms with Crippen molar-refractivity contribution in [2.45, 2.75) is 0 Å². The van der Waals surface area contributed by atoms with Crippen LogP contribution < -0.4 is 4.74 Å². The summed E-state index contributed by atoms with van der Waals surface area (Å²) in [6.45, 7) is 0. The van der Waals surface area contributed by atoms with Crippen LogP contribution in [0.4, 0.5) is 0 Å². The molecule has 1 rings (SSSR count). The molecule has 0 saturated carbocycles. The van der Waals surface area contributed by atoms with Gasteiger partial charge in [0.2, 0.25) is 0 Å². The lowest BCUT2D eigenvalue weighted by Crippen LogP contribution is -2.04. The van der Waals surface area contributed by atoms with E-state index in [9.17, 15) is 4.79 Å². The van der Waals surface area contributed by atoms with Gasteiger partial charge in [-0.2, -0.15) is 0 Å². The van der Waals surface area contributed by atoms with E-state index in [-0.39, 0.29) is 11.1 Å². The highest BCUT2D eigenvalue weighted by molar-refractivity contribution is 9.09. The number of alkyl halides is 1. The molecule has 0 heterocycles. The average molecular weight is 298 g/mol. The van der Waals surface area contributed by atoms with Crippen LogP contribution in [0.25, 0.3) is 0 Å². The van der Waals surface area contributed by atoms with Gasteiger partial charge in [-0.1, -0.05) is 39.1 Å². The van der Waals surface area contributed by atoms with Crippen molar-refractivity contribution in [3.63, 3.8) is 0 Å². The third-order valence-corrected chi connectivity index (χ3v) is 2.66. The second kappa shape index (κ2) is 5.01. The Labute approximate surface area is 100 Å². The van der Waals surface area contributed by atoms with Crippen molar-refractivity contribution in [3.05, 3.63) is 27.7 Å². The Balaban J connectivity index is 3.32. The Kier molecular flexibility index (Phi) is 4.23. The zero-order valence-corrected chi connectivity index (χ0v) is 10.4. The average Bonchev–Trinajstić information content (AvgIpc) is 2.15. The van der Waals surface area contributed by atoms with Crippen LogP contribution in [0.3, 0.4) is 0 Å². The zero-order valence-electron chi connectivity index (χ0n) is 7.31. The summed E-state index contributed by atoms with van der Waals surface area (Å²) in [4.78, 5) is 11.5. The van der Waals surface area contributed by atoms with E-state index in [0.717, 1.165) is 0 Å². The molecular weight excluding hydrogens is 291 g/mol. The minimum atomic E-state index is -0.136. The first kappa shape index (κ1) is 11.8. The molecular formula is C9H7BrCl2O2. The lowest BCUT2D eigenvalue weighted by molar-refractivity contribution is 0.102.